The SMILES string of the molecule is NC(=O)CCCC(=O)N1CCCC2(C1)CN([C@@H](CO)C(N)=O)C2=O. The molecule has 134 valence electrons. The van der Waals surface area contributed by atoms with E-state index in [1.807, 2.05) is 0 Å². The lowest BCUT2D eigenvalue weighted by Crippen LogP contribution is -2.71. The molecule has 2 rings (SSSR count). The lowest BCUT2D eigenvalue weighted by molar-refractivity contribution is -0.175. The fraction of sp³-hybridized carbons (Fsp3) is 0.733. The molecule has 9 nitrogen and oxygen atoms in total. The largest absolute Gasteiger partial charge is 0.394 e. The molecule has 0 bridgehead atoms. The monoisotopic (exact) mass is 340 g/mol. The number of piperidine rings is 1. The van der Waals surface area contributed by atoms with E-state index in [-0.39, 0.29) is 24.7 Å². The Morgan fingerprint density at radius 3 is 2.46 bits per heavy atom. The lowest BCUT2D eigenvalue weighted by atomic mass is 9.71. The van der Waals surface area contributed by atoms with Crippen molar-refractivity contribution >= 4 is 23.6 Å². The molecule has 0 aromatic rings. The highest BCUT2D eigenvalue weighted by Crippen LogP contribution is 2.41. The topological polar surface area (TPSA) is 147 Å². The maximum Gasteiger partial charge on any atom is 0.242 e. The third kappa shape index (κ3) is 3.50. The Labute approximate surface area is 139 Å². The molecule has 2 atom stereocenters. The van der Waals surface area contributed by atoms with E-state index in [0.717, 1.165) is 0 Å². The second-order valence-electron chi connectivity index (χ2n) is 6.55. The third-order valence-electron chi connectivity index (χ3n) is 4.81. The van der Waals surface area contributed by atoms with Gasteiger partial charge in [-0.25, -0.2) is 0 Å². The number of aliphatic hydroxyl groups excluding tert-OH is 1. The first-order valence-electron chi connectivity index (χ1n) is 8.08. The van der Waals surface area contributed by atoms with Crippen molar-refractivity contribution in [3.8, 4) is 0 Å². The van der Waals surface area contributed by atoms with Gasteiger partial charge in [-0.2, -0.15) is 0 Å². The minimum absolute atomic E-state index is 0.102. The Bertz CT molecular complexity index is 552. The van der Waals surface area contributed by atoms with Crippen molar-refractivity contribution in [1.82, 2.24) is 9.80 Å². The normalized spacial score (nSPS) is 24.6. The maximum absolute atomic E-state index is 12.5. The van der Waals surface area contributed by atoms with E-state index < -0.39 is 29.9 Å². The number of nitrogens with zero attached hydrogens (tertiary/aromatic N) is 2. The molecule has 2 saturated heterocycles. The molecule has 2 fully saturated rings. The Morgan fingerprint density at radius 1 is 1.21 bits per heavy atom. The van der Waals surface area contributed by atoms with Gasteiger partial charge in [-0.05, 0) is 19.3 Å². The van der Waals surface area contributed by atoms with Gasteiger partial charge < -0.3 is 26.4 Å². The molecule has 0 aromatic heterocycles. The van der Waals surface area contributed by atoms with Crippen LogP contribution in [0.4, 0.5) is 0 Å². The van der Waals surface area contributed by atoms with E-state index in [9.17, 15) is 24.3 Å². The molecule has 5 N–H and O–H groups in total. The van der Waals surface area contributed by atoms with Gasteiger partial charge in [-0.3, -0.25) is 19.2 Å². The van der Waals surface area contributed by atoms with Crippen molar-refractivity contribution in [2.24, 2.45) is 16.9 Å². The summed E-state index contributed by atoms with van der Waals surface area (Å²) in [6, 6.07) is -1.01. The summed E-state index contributed by atoms with van der Waals surface area (Å²) >= 11 is 0. The van der Waals surface area contributed by atoms with Gasteiger partial charge in [0.05, 0.1) is 12.0 Å². The van der Waals surface area contributed by atoms with Crippen LogP contribution in [0.3, 0.4) is 0 Å². The molecule has 0 radical (unpaired) electrons. The van der Waals surface area contributed by atoms with E-state index in [1.54, 1.807) is 4.90 Å². The van der Waals surface area contributed by atoms with Gasteiger partial charge in [0.2, 0.25) is 23.6 Å². The van der Waals surface area contributed by atoms with Crippen molar-refractivity contribution in [3.63, 3.8) is 0 Å². The molecule has 0 saturated carbocycles. The highest BCUT2D eigenvalue weighted by molar-refractivity contribution is 5.95. The second-order valence-corrected chi connectivity index (χ2v) is 6.55. The van der Waals surface area contributed by atoms with Crippen molar-refractivity contribution in [2.75, 3.05) is 26.2 Å². The molecule has 2 aliphatic heterocycles. The minimum atomic E-state index is -1.01. The number of carbonyl (C=O) groups is 4. The summed E-state index contributed by atoms with van der Waals surface area (Å²) in [5.41, 5.74) is 9.58. The zero-order chi connectivity index (χ0) is 17.9. The van der Waals surface area contributed by atoms with Crippen LogP contribution in [0.15, 0.2) is 0 Å². The highest BCUT2D eigenvalue weighted by Gasteiger charge is 2.56. The Hall–Kier alpha value is -2.16. The first kappa shape index (κ1) is 18.2. The van der Waals surface area contributed by atoms with Gasteiger partial charge in [0.15, 0.2) is 0 Å². The Kier molecular flexibility index (Phi) is 5.43. The van der Waals surface area contributed by atoms with Crippen LogP contribution in [0.25, 0.3) is 0 Å². The highest BCUT2D eigenvalue weighted by atomic mass is 16.3. The summed E-state index contributed by atoms with van der Waals surface area (Å²) in [6.07, 6.45) is 2.11. The standard InChI is InChI=1S/C15H24N4O5/c16-11(21)3-1-4-12(22)18-6-2-5-15(8-18)9-19(14(15)24)10(7-20)13(17)23/h10,20H,1-9H2,(H2,16,21)(H2,17,23)/t10-,15?/m0/s1. The smallest absolute Gasteiger partial charge is 0.242 e. The van der Waals surface area contributed by atoms with Gasteiger partial charge in [0.1, 0.15) is 6.04 Å². The summed E-state index contributed by atoms with van der Waals surface area (Å²) in [5, 5.41) is 9.22. The van der Waals surface area contributed by atoms with E-state index in [2.05, 4.69) is 0 Å². The quantitative estimate of drug-likeness (QED) is 0.456. The molecule has 24 heavy (non-hydrogen) atoms. The van der Waals surface area contributed by atoms with Crippen molar-refractivity contribution in [1.29, 1.82) is 0 Å². The number of amides is 4. The predicted molar refractivity (Wildman–Crippen MR) is 83.1 cm³/mol. The summed E-state index contributed by atoms with van der Waals surface area (Å²) in [7, 11) is 0. The number of nitrogens with two attached hydrogens (primary N) is 2. The molecule has 1 unspecified atom stereocenters. The van der Waals surface area contributed by atoms with E-state index in [0.29, 0.717) is 38.9 Å². The number of primary amides is 2. The molecular formula is C15H24N4O5. The summed E-state index contributed by atoms with van der Waals surface area (Å²) in [5.74, 6) is -1.52. The first-order chi connectivity index (χ1) is 11.3. The van der Waals surface area contributed by atoms with Crippen LogP contribution in [0.1, 0.15) is 32.1 Å². The van der Waals surface area contributed by atoms with Gasteiger partial charge in [-0.1, -0.05) is 0 Å². The summed E-state index contributed by atoms with van der Waals surface area (Å²) in [4.78, 5) is 49.7. The first-order valence-corrected chi connectivity index (χ1v) is 8.08. The molecular weight excluding hydrogens is 316 g/mol. The average molecular weight is 340 g/mol. The van der Waals surface area contributed by atoms with Crippen LogP contribution >= 0.6 is 0 Å². The molecule has 9 heteroatoms. The van der Waals surface area contributed by atoms with Crippen molar-refractivity contribution in [3.05, 3.63) is 0 Å². The maximum atomic E-state index is 12.5. The summed E-state index contributed by atoms with van der Waals surface area (Å²) in [6.45, 7) is 0.677. The number of rotatable bonds is 7. The van der Waals surface area contributed by atoms with Gasteiger partial charge in [-0.15, -0.1) is 0 Å². The molecule has 0 aliphatic carbocycles. The van der Waals surface area contributed by atoms with Crippen LogP contribution < -0.4 is 11.5 Å². The van der Waals surface area contributed by atoms with Crippen molar-refractivity contribution in [2.45, 2.75) is 38.1 Å². The number of likely N-dealkylation sites (tertiary alicyclic amines) is 2. The molecule has 0 aromatic carbocycles. The number of aliphatic hydroxyl groups is 1. The van der Waals surface area contributed by atoms with Crippen LogP contribution in [0, 0.1) is 5.41 Å². The van der Waals surface area contributed by atoms with E-state index in [1.165, 1.54) is 4.90 Å². The molecule has 2 heterocycles. The summed E-state index contributed by atoms with van der Waals surface area (Å²) < 4.78 is 0. The molecule has 4 amide bonds. The second kappa shape index (κ2) is 7.16. The zero-order valence-corrected chi connectivity index (χ0v) is 13.6. The van der Waals surface area contributed by atoms with E-state index >= 15 is 0 Å². The molecule has 1 spiro atoms. The number of hydrogen-bond donors (Lipinski definition) is 3. The zero-order valence-electron chi connectivity index (χ0n) is 13.6. The van der Waals surface area contributed by atoms with Crippen molar-refractivity contribution < 1.29 is 24.3 Å². The van der Waals surface area contributed by atoms with Gasteiger partial charge in [0.25, 0.3) is 0 Å². The number of carbonyl (C=O) groups excluding carboxylic acids is 4. The van der Waals surface area contributed by atoms with E-state index in [4.69, 9.17) is 11.5 Å². The minimum Gasteiger partial charge on any atom is -0.394 e. The number of hydrogen-bond acceptors (Lipinski definition) is 5. The van der Waals surface area contributed by atoms with Crippen LogP contribution in [-0.2, 0) is 19.2 Å². The average Bonchev–Trinajstić information content (AvgIpc) is 2.54. The fourth-order valence-electron chi connectivity index (χ4n) is 3.49. The van der Waals surface area contributed by atoms with Gasteiger partial charge >= 0.3 is 0 Å². The number of β-lactam (4-membered cyclic amide) rings is 1. The predicted octanol–water partition coefficient (Wildman–Crippen LogP) is -2.06. The van der Waals surface area contributed by atoms with Crippen LogP contribution in [0.2, 0.25) is 0 Å². The fourth-order valence-corrected chi connectivity index (χ4v) is 3.49. The molecule has 2 aliphatic rings. The van der Waals surface area contributed by atoms with Crippen LogP contribution in [-0.4, -0.2) is 70.8 Å². The van der Waals surface area contributed by atoms with Gasteiger partial charge in [0, 0.05) is 32.5 Å². The van der Waals surface area contributed by atoms with Crippen LogP contribution in [0.5, 0.6) is 0 Å². The lowest BCUT2D eigenvalue weighted by Gasteiger charge is -2.54. The Balaban J connectivity index is 1.94. The third-order valence-corrected chi connectivity index (χ3v) is 4.81. The Morgan fingerprint density at radius 2 is 1.92 bits per heavy atom.